The molecule has 0 aromatic heterocycles. The normalized spacial score (nSPS) is 13.2. The molecule has 1 aromatic carbocycles. The Morgan fingerprint density at radius 1 is 1.25 bits per heavy atom. The van der Waals surface area contributed by atoms with Crippen LogP contribution in [0.3, 0.4) is 0 Å². The maximum Gasteiger partial charge on any atom is 0.369 e. The average Bonchev–Trinajstić information content (AvgIpc) is 2.17. The molecule has 1 rings (SSSR count). The second-order valence-corrected chi connectivity index (χ2v) is 4.68. The maximum absolute atomic E-state index is 12.0. The second kappa shape index (κ2) is 5.12. The summed E-state index contributed by atoms with van der Waals surface area (Å²) in [6.07, 6.45) is 0. The molecule has 0 spiro atoms. The summed E-state index contributed by atoms with van der Waals surface area (Å²) in [4.78, 5) is 12.0. The molecular formula is C13H20NO2+. The van der Waals surface area contributed by atoms with Crippen molar-refractivity contribution in [3.05, 3.63) is 35.9 Å². The minimum absolute atomic E-state index is 0.166. The number of likely N-dealkylation sites (N-methyl/N-ethyl adjacent to an activating group) is 1. The molecular weight excluding hydrogens is 202 g/mol. The van der Waals surface area contributed by atoms with Crippen molar-refractivity contribution in [3.63, 3.8) is 0 Å². The Bertz CT molecular complexity index is 341. The molecule has 88 valence electrons. The number of hydrogen-bond donors (Lipinski definition) is 0. The summed E-state index contributed by atoms with van der Waals surface area (Å²) in [5.74, 6) is -0.166. The molecule has 1 aromatic rings. The Labute approximate surface area is 97.2 Å². The minimum atomic E-state index is -0.263. The Hall–Kier alpha value is -1.35. The van der Waals surface area contributed by atoms with E-state index in [-0.39, 0.29) is 12.0 Å². The van der Waals surface area contributed by atoms with Gasteiger partial charge in [-0.2, -0.15) is 0 Å². The van der Waals surface area contributed by atoms with Gasteiger partial charge in [0.1, 0.15) is 0 Å². The highest BCUT2D eigenvalue weighted by atomic mass is 16.5. The van der Waals surface area contributed by atoms with E-state index in [0.717, 1.165) is 5.56 Å². The van der Waals surface area contributed by atoms with E-state index in [2.05, 4.69) is 0 Å². The van der Waals surface area contributed by atoms with Crippen molar-refractivity contribution in [1.82, 2.24) is 0 Å². The Balaban J connectivity index is 3.02. The van der Waals surface area contributed by atoms with Gasteiger partial charge in [-0.05, 0) is 6.92 Å². The fraction of sp³-hybridized carbons (Fsp3) is 0.462. The molecule has 0 radical (unpaired) electrons. The van der Waals surface area contributed by atoms with Crippen LogP contribution in [0, 0.1) is 0 Å². The SMILES string of the molecule is CCOC(=O)[C@H](c1ccccc1)[N+](C)(C)C. The number of hydrogen-bond acceptors (Lipinski definition) is 2. The number of benzene rings is 1. The van der Waals surface area contributed by atoms with Gasteiger partial charge in [-0.3, -0.25) is 0 Å². The number of esters is 1. The predicted molar refractivity (Wildman–Crippen MR) is 63.8 cm³/mol. The zero-order valence-electron chi connectivity index (χ0n) is 10.4. The Kier molecular flexibility index (Phi) is 4.07. The number of carbonyl (C=O) groups excluding carboxylic acids is 1. The molecule has 0 heterocycles. The third-order valence-corrected chi connectivity index (χ3v) is 2.40. The van der Waals surface area contributed by atoms with E-state index >= 15 is 0 Å². The molecule has 0 unspecified atom stereocenters. The van der Waals surface area contributed by atoms with Crippen molar-refractivity contribution in [3.8, 4) is 0 Å². The lowest BCUT2D eigenvalue weighted by molar-refractivity contribution is -0.893. The highest BCUT2D eigenvalue weighted by molar-refractivity contribution is 5.76. The van der Waals surface area contributed by atoms with Gasteiger partial charge in [-0.15, -0.1) is 0 Å². The number of quaternary nitrogens is 1. The number of rotatable bonds is 4. The standard InChI is InChI=1S/C13H20NO2/c1-5-16-13(15)12(14(2,3)4)11-9-7-6-8-10-11/h6-10,12H,5H2,1-4H3/q+1/t12-/m0/s1. The van der Waals surface area contributed by atoms with E-state index in [4.69, 9.17) is 4.74 Å². The summed E-state index contributed by atoms with van der Waals surface area (Å²) in [7, 11) is 5.98. The Morgan fingerprint density at radius 3 is 2.25 bits per heavy atom. The van der Waals surface area contributed by atoms with Crippen LogP contribution in [0.5, 0.6) is 0 Å². The highest BCUT2D eigenvalue weighted by Gasteiger charge is 2.34. The van der Waals surface area contributed by atoms with E-state index in [9.17, 15) is 4.79 Å². The van der Waals surface area contributed by atoms with E-state index in [0.29, 0.717) is 11.1 Å². The van der Waals surface area contributed by atoms with E-state index < -0.39 is 0 Å². The Morgan fingerprint density at radius 2 is 1.81 bits per heavy atom. The number of ether oxygens (including phenoxy) is 1. The van der Waals surface area contributed by atoms with Crippen LogP contribution >= 0.6 is 0 Å². The average molecular weight is 222 g/mol. The summed E-state index contributed by atoms with van der Waals surface area (Å²) in [5.41, 5.74) is 0.994. The third kappa shape index (κ3) is 3.07. The topological polar surface area (TPSA) is 26.3 Å². The summed E-state index contributed by atoms with van der Waals surface area (Å²) >= 11 is 0. The van der Waals surface area contributed by atoms with Gasteiger partial charge in [-0.25, -0.2) is 4.79 Å². The van der Waals surface area contributed by atoms with Crippen molar-refractivity contribution in [2.45, 2.75) is 13.0 Å². The van der Waals surface area contributed by atoms with Gasteiger partial charge in [-0.1, -0.05) is 30.3 Å². The van der Waals surface area contributed by atoms with Crippen LogP contribution in [0.4, 0.5) is 0 Å². The lowest BCUT2D eigenvalue weighted by Gasteiger charge is -2.32. The van der Waals surface area contributed by atoms with Crippen LogP contribution in [0.2, 0.25) is 0 Å². The minimum Gasteiger partial charge on any atom is -0.461 e. The predicted octanol–water partition coefficient (Wildman–Crippen LogP) is 2.00. The fourth-order valence-electron chi connectivity index (χ4n) is 1.76. The van der Waals surface area contributed by atoms with Gasteiger partial charge in [0.25, 0.3) is 0 Å². The lowest BCUT2D eigenvalue weighted by atomic mass is 10.0. The third-order valence-electron chi connectivity index (χ3n) is 2.40. The second-order valence-electron chi connectivity index (χ2n) is 4.68. The molecule has 16 heavy (non-hydrogen) atoms. The smallest absolute Gasteiger partial charge is 0.369 e. The quantitative estimate of drug-likeness (QED) is 0.575. The van der Waals surface area contributed by atoms with Gasteiger partial charge < -0.3 is 9.22 Å². The first kappa shape index (κ1) is 12.7. The largest absolute Gasteiger partial charge is 0.461 e. The van der Waals surface area contributed by atoms with Crippen LogP contribution in [0.1, 0.15) is 18.5 Å². The van der Waals surface area contributed by atoms with Crippen LogP contribution in [0.15, 0.2) is 30.3 Å². The van der Waals surface area contributed by atoms with Crippen LogP contribution in [-0.4, -0.2) is 38.2 Å². The van der Waals surface area contributed by atoms with Crippen molar-refractivity contribution in [2.24, 2.45) is 0 Å². The van der Waals surface area contributed by atoms with Gasteiger partial charge >= 0.3 is 5.97 Å². The number of nitrogens with zero attached hydrogens (tertiary/aromatic N) is 1. The van der Waals surface area contributed by atoms with E-state index in [1.807, 2.05) is 58.4 Å². The first-order valence-electron chi connectivity index (χ1n) is 5.49. The lowest BCUT2D eigenvalue weighted by Crippen LogP contribution is -2.43. The van der Waals surface area contributed by atoms with Crippen LogP contribution in [-0.2, 0) is 9.53 Å². The van der Waals surface area contributed by atoms with Gasteiger partial charge in [0.15, 0.2) is 0 Å². The molecule has 1 atom stereocenters. The zero-order chi connectivity index (χ0) is 12.2. The molecule has 0 aliphatic rings. The van der Waals surface area contributed by atoms with Crippen molar-refractivity contribution >= 4 is 5.97 Å². The van der Waals surface area contributed by atoms with Crippen molar-refractivity contribution < 1.29 is 14.0 Å². The summed E-state index contributed by atoms with van der Waals surface area (Å²) < 4.78 is 5.66. The molecule has 0 bridgehead atoms. The maximum atomic E-state index is 12.0. The zero-order valence-corrected chi connectivity index (χ0v) is 10.4. The number of carbonyl (C=O) groups is 1. The summed E-state index contributed by atoms with van der Waals surface area (Å²) in [6.45, 7) is 2.25. The molecule has 0 amide bonds. The summed E-state index contributed by atoms with van der Waals surface area (Å²) in [6, 6.07) is 9.49. The van der Waals surface area contributed by atoms with Crippen LogP contribution in [0.25, 0.3) is 0 Å². The van der Waals surface area contributed by atoms with Gasteiger partial charge in [0.2, 0.25) is 6.04 Å². The molecule has 0 saturated heterocycles. The molecule has 0 aliphatic carbocycles. The van der Waals surface area contributed by atoms with Gasteiger partial charge in [0.05, 0.1) is 27.7 Å². The molecule has 3 heteroatoms. The van der Waals surface area contributed by atoms with Gasteiger partial charge in [0, 0.05) is 5.56 Å². The summed E-state index contributed by atoms with van der Waals surface area (Å²) in [5, 5.41) is 0. The van der Waals surface area contributed by atoms with Crippen LogP contribution < -0.4 is 0 Å². The molecule has 0 fully saturated rings. The first-order valence-corrected chi connectivity index (χ1v) is 5.49. The molecule has 0 aliphatic heterocycles. The van der Waals surface area contributed by atoms with E-state index in [1.54, 1.807) is 0 Å². The molecule has 0 saturated carbocycles. The molecule has 0 N–H and O–H groups in total. The first-order chi connectivity index (χ1) is 7.46. The van der Waals surface area contributed by atoms with E-state index in [1.165, 1.54) is 0 Å². The van der Waals surface area contributed by atoms with Crippen molar-refractivity contribution in [1.29, 1.82) is 0 Å². The highest BCUT2D eigenvalue weighted by Crippen LogP contribution is 2.24. The monoisotopic (exact) mass is 222 g/mol. The molecule has 3 nitrogen and oxygen atoms in total. The van der Waals surface area contributed by atoms with Crippen molar-refractivity contribution in [2.75, 3.05) is 27.7 Å². The fourth-order valence-corrected chi connectivity index (χ4v) is 1.76.